The van der Waals surface area contributed by atoms with Gasteiger partial charge in [0.15, 0.2) is 10.9 Å². The molecular formula is C26H24N2O2S2. The molecule has 0 aliphatic heterocycles. The van der Waals surface area contributed by atoms with Crippen LogP contribution in [0.4, 0.5) is 0 Å². The summed E-state index contributed by atoms with van der Waals surface area (Å²) in [6.07, 6.45) is 5.20. The maximum Gasteiger partial charge on any atom is 0.267 e. The fourth-order valence-corrected chi connectivity index (χ4v) is 6.44. The lowest BCUT2D eigenvalue weighted by molar-refractivity contribution is 0.102. The fourth-order valence-electron chi connectivity index (χ4n) is 4.23. The van der Waals surface area contributed by atoms with Crippen molar-refractivity contribution in [3.63, 3.8) is 0 Å². The zero-order chi connectivity index (χ0) is 22.1. The van der Waals surface area contributed by atoms with Gasteiger partial charge < -0.3 is 0 Å². The molecule has 0 saturated heterocycles. The van der Waals surface area contributed by atoms with Crippen LogP contribution in [0.25, 0.3) is 15.9 Å². The SMILES string of the molecule is CCc1ccc(C(=O)CSc2nc3sc4c(c3c(=O)n2-c2ccccc2)CCCC4)cc1. The van der Waals surface area contributed by atoms with Crippen LogP contribution < -0.4 is 5.56 Å². The average Bonchev–Trinajstić information content (AvgIpc) is 3.22. The number of ketones is 1. The van der Waals surface area contributed by atoms with Crippen LogP contribution in [0.3, 0.4) is 0 Å². The number of Topliss-reactive ketones (excluding diaryl/α,β-unsaturated/α-hetero) is 1. The first kappa shape index (κ1) is 21.2. The molecule has 0 spiro atoms. The zero-order valence-corrected chi connectivity index (χ0v) is 19.6. The maximum atomic E-state index is 13.7. The molecule has 5 rings (SSSR count). The second-order valence-corrected chi connectivity index (χ2v) is 10.0. The van der Waals surface area contributed by atoms with E-state index in [4.69, 9.17) is 4.98 Å². The summed E-state index contributed by atoms with van der Waals surface area (Å²) in [4.78, 5) is 33.5. The van der Waals surface area contributed by atoms with Gasteiger partial charge in [0.1, 0.15) is 4.83 Å². The van der Waals surface area contributed by atoms with E-state index in [0.29, 0.717) is 10.7 Å². The van der Waals surface area contributed by atoms with Crippen LogP contribution in [0, 0.1) is 0 Å². The number of hydrogen-bond acceptors (Lipinski definition) is 5. The predicted octanol–water partition coefficient (Wildman–Crippen LogP) is 5.86. The molecule has 0 fully saturated rings. The topological polar surface area (TPSA) is 52.0 Å². The number of fused-ring (bicyclic) bond motifs is 3. The largest absolute Gasteiger partial charge is 0.293 e. The normalized spacial score (nSPS) is 13.3. The van der Waals surface area contributed by atoms with Gasteiger partial charge >= 0.3 is 0 Å². The Hall–Kier alpha value is -2.70. The van der Waals surface area contributed by atoms with Crippen molar-refractivity contribution < 1.29 is 4.79 Å². The molecule has 0 radical (unpaired) electrons. The molecular weight excluding hydrogens is 436 g/mol. The van der Waals surface area contributed by atoms with E-state index in [2.05, 4.69) is 6.92 Å². The molecule has 2 aromatic heterocycles. The van der Waals surface area contributed by atoms with Gasteiger partial charge in [-0.15, -0.1) is 11.3 Å². The summed E-state index contributed by atoms with van der Waals surface area (Å²) in [5, 5.41) is 1.34. The molecule has 0 saturated carbocycles. The van der Waals surface area contributed by atoms with Gasteiger partial charge in [-0.1, -0.05) is 61.2 Å². The number of rotatable bonds is 6. The number of thioether (sulfide) groups is 1. The fraction of sp³-hybridized carbons (Fsp3) is 0.269. The molecule has 0 N–H and O–H groups in total. The minimum Gasteiger partial charge on any atom is -0.293 e. The van der Waals surface area contributed by atoms with Crippen molar-refractivity contribution in [3.8, 4) is 5.69 Å². The van der Waals surface area contributed by atoms with E-state index in [0.717, 1.165) is 41.6 Å². The Balaban J connectivity index is 1.55. The van der Waals surface area contributed by atoms with Gasteiger partial charge in [0.2, 0.25) is 0 Å². The minimum absolute atomic E-state index is 0.0251. The lowest BCUT2D eigenvalue weighted by Crippen LogP contribution is -2.22. The Morgan fingerprint density at radius 3 is 2.56 bits per heavy atom. The minimum atomic E-state index is -0.0251. The van der Waals surface area contributed by atoms with Crippen LogP contribution in [-0.4, -0.2) is 21.1 Å². The van der Waals surface area contributed by atoms with Crippen LogP contribution in [0.5, 0.6) is 0 Å². The van der Waals surface area contributed by atoms with Crippen LogP contribution in [-0.2, 0) is 19.3 Å². The lowest BCUT2D eigenvalue weighted by Gasteiger charge is -2.13. The number of aromatic nitrogens is 2. The number of thiophene rings is 1. The number of carbonyl (C=O) groups excluding carboxylic acids is 1. The molecule has 32 heavy (non-hydrogen) atoms. The van der Waals surface area contributed by atoms with E-state index in [9.17, 15) is 9.59 Å². The van der Waals surface area contributed by atoms with Gasteiger partial charge in [-0.3, -0.25) is 14.2 Å². The highest BCUT2D eigenvalue weighted by Crippen LogP contribution is 2.35. The van der Waals surface area contributed by atoms with Crippen molar-refractivity contribution in [2.24, 2.45) is 0 Å². The van der Waals surface area contributed by atoms with E-state index in [-0.39, 0.29) is 17.1 Å². The number of hydrogen-bond donors (Lipinski definition) is 0. The van der Waals surface area contributed by atoms with Crippen molar-refractivity contribution in [1.82, 2.24) is 9.55 Å². The van der Waals surface area contributed by atoms with Crippen molar-refractivity contribution in [2.45, 2.75) is 44.2 Å². The molecule has 4 nitrogen and oxygen atoms in total. The molecule has 4 aromatic rings. The van der Waals surface area contributed by atoms with Gasteiger partial charge in [-0.2, -0.15) is 0 Å². The molecule has 1 aliphatic carbocycles. The number of benzene rings is 2. The summed E-state index contributed by atoms with van der Waals surface area (Å²) < 4.78 is 1.68. The quantitative estimate of drug-likeness (QED) is 0.205. The molecule has 0 unspecified atom stereocenters. The molecule has 0 atom stereocenters. The van der Waals surface area contributed by atoms with E-state index >= 15 is 0 Å². The van der Waals surface area contributed by atoms with E-state index in [1.54, 1.807) is 15.9 Å². The van der Waals surface area contributed by atoms with E-state index in [1.807, 2.05) is 54.6 Å². The van der Waals surface area contributed by atoms with Gasteiger partial charge in [0.25, 0.3) is 5.56 Å². The van der Waals surface area contributed by atoms with Crippen LogP contribution in [0.15, 0.2) is 64.5 Å². The van der Waals surface area contributed by atoms with Crippen LogP contribution in [0.2, 0.25) is 0 Å². The van der Waals surface area contributed by atoms with Gasteiger partial charge in [-0.05, 0) is 55.4 Å². The van der Waals surface area contributed by atoms with Crippen LogP contribution in [0.1, 0.15) is 46.1 Å². The summed E-state index contributed by atoms with van der Waals surface area (Å²) in [6.45, 7) is 2.10. The Morgan fingerprint density at radius 2 is 1.81 bits per heavy atom. The Labute approximate surface area is 195 Å². The monoisotopic (exact) mass is 460 g/mol. The molecule has 6 heteroatoms. The summed E-state index contributed by atoms with van der Waals surface area (Å²) in [5.41, 5.74) is 3.84. The second-order valence-electron chi connectivity index (χ2n) is 8.02. The Bertz CT molecular complexity index is 1340. The van der Waals surface area contributed by atoms with Crippen molar-refractivity contribution >= 4 is 39.1 Å². The smallest absolute Gasteiger partial charge is 0.267 e. The first-order valence-electron chi connectivity index (χ1n) is 11.0. The first-order chi connectivity index (χ1) is 15.7. The molecule has 0 bridgehead atoms. The Kier molecular flexibility index (Phi) is 5.98. The number of nitrogens with zero attached hydrogens (tertiary/aromatic N) is 2. The predicted molar refractivity (Wildman–Crippen MR) is 133 cm³/mol. The number of carbonyl (C=O) groups is 1. The van der Waals surface area contributed by atoms with Gasteiger partial charge in [0, 0.05) is 10.4 Å². The lowest BCUT2D eigenvalue weighted by atomic mass is 9.97. The summed E-state index contributed by atoms with van der Waals surface area (Å²) >= 11 is 2.98. The maximum absolute atomic E-state index is 13.7. The number of aryl methyl sites for hydroxylation is 3. The highest BCUT2D eigenvalue weighted by atomic mass is 32.2. The Morgan fingerprint density at radius 1 is 1.06 bits per heavy atom. The summed E-state index contributed by atoms with van der Waals surface area (Å²) in [7, 11) is 0. The number of para-hydroxylation sites is 1. The third-order valence-corrected chi connectivity index (χ3v) is 8.11. The second kappa shape index (κ2) is 9.04. The zero-order valence-electron chi connectivity index (χ0n) is 18.0. The average molecular weight is 461 g/mol. The van der Waals surface area contributed by atoms with Crippen molar-refractivity contribution in [3.05, 3.63) is 86.5 Å². The van der Waals surface area contributed by atoms with Crippen LogP contribution >= 0.6 is 23.1 Å². The van der Waals surface area contributed by atoms with Gasteiger partial charge in [0.05, 0.1) is 16.8 Å². The van der Waals surface area contributed by atoms with E-state index < -0.39 is 0 Å². The summed E-state index contributed by atoms with van der Waals surface area (Å²) in [6, 6.07) is 17.4. The van der Waals surface area contributed by atoms with Gasteiger partial charge in [-0.25, -0.2) is 4.98 Å². The first-order valence-corrected chi connectivity index (χ1v) is 12.8. The van der Waals surface area contributed by atoms with E-state index in [1.165, 1.54) is 34.2 Å². The van der Waals surface area contributed by atoms with Crippen molar-refractivity contribution in [2.75, 3.05) is 5.75 Å². The third-order valence-electron chi connectivity index (χ3n) is 5.99. The third kappa shape index (κ3) is 3.93. The molecule has 0 amide bonds. The molecule has 1 aliphatic rings. The molecule has 162 valence electrons. The molecule has 2 aromatic carbocycles. The molecule has 2 heterocycles. The van der Waals surface area contributed by atoms with Crippen molar-refractivity contribution in [1.29, 1.82) is 0 Å². The standard InChI is InChI=1S/C26H24N2O2S2/c1-2-17-12-14-18(15-13-17)21(29)16-31-26-27-24-23(20-10-6-7-11-22(20)32-24)25(30)28(26)19-8-4-3-5-9-19/h3-5,8-9,12-15H,2,6-7,10-11,16H2,1H3. The summed E-state index contributed by atoms with van der Waals surface area (Å²) in [5.74, 6) is 0.276. The highest BCUT2D eigenvalue weighted by Gasteiger charge is 2.23. The highest BCUT2D eigenvalue weighted by molar-refractivity contribution is 7.99.